The molecule has 0 spiro atoms. The molecule has 0 aliphatic carbocycles. The number of hydrogen-bond acceptors (Lipinski definition) is 4. The maximum absolute atomic E-state index is 13.3. The number of halogens is 1. The molecule has 1 aliphatic rings. The van der Waals surface area contributed by atoms with Crippen molar-refractivity contribution >= 4 is 22.7 Å². The summed E-state index contributed by atoms with van der Waals surface area (Å²) in [5.41, 5.74) is 8.53. The average Bonchev–Trinajstić information content (AvgIpc) is 3.08. The number of anilines is 1. The van der Waals surface area contributed by atoms with Crippen LogP contribution in [0.1, 0.15) is 11.5 Å². The minimum absolute atomic E-state index is 0.306. The van der Waals surface area contributed by atoms with Gasteiger partial charge in [-0.25, -0.2) is 9.37 Å². The fourth-order valence-corrected chi connectivity index (χ4v) is 3.06. The van der Waals surface area contributed by atoms with Crippen molar-refractivity contribution in [1.82, 2.24) is 4.98 Å². The number of fused-ring (bicyclic) bond motifs is 2. The van der Waals surface area contributed by atoms with Crippen LogP contribution in [-0.2, 0) is 17.8 Å². The quantitative estimate of drug-likeness (QED) is 0.806. The third kappa shape index (κ3) is 2.32. The summed E-state index contributed by atoms with van der Waals surface area (Å²) in [7, 11) is 0. The first-order valence-electron chi connectivity index (χ1n) is 7.30. The molecule has 2 aromatic carbocycles. The molecule has 0 saturated carbocycles. The van der Waals surface area contributed by atoms with Gasteiger partial charge in [-0.05, 0) is 23.8 Å². The fourth-order valence-electron chi connectivity index (χ4n) is 3.06. The number of nitrogens with two attached hydrogens (primary N) is 1. The minimum Gasteiger partial charge on any atom is -0.439 e. The second-order valence-corrected chi connectivity index (χ2v) is 5.60. The van der Waals surface area contributed by atoms with Gasteiger partial charge >= 0.3 is 0 Å². The van der Waals surface area contributed by atoms with Crippen molar-refractivity contribution in [3.8, 4) is 0 Å². The van der Waals surface area contributed by atoms with Gasteiger partial charge in [-0.3, -0.25) is 4.79 Å². The highest BCUT2D eigenvalue weighted by molar-refractivity contribution is 5.86. The van der Waals surface area contributed by atoms with Crippen LogP contribution in [0.5, 0.6) is 0 Å². The van der Waals surface area contributed by atoms with Crippen molar-refractivity contribution in [2.75, 3.05) is 4.90 Å². The molecule has 1 aromatic heterocycles. The molecule has 2 N–H and O–H groups in total. The molecule has 0 saturated heterocycles. The van der Waals surface area contributed by atoms with Crippen LogP contribution in [0.25, 0.3) is 11.1 Å². The summed E-state index contributed by atoms with van der Waals surface area (Å²) in [6, 6.07) is 11.5. The van der Waals surface area contributed by atoms with Gasteiger partial charge in [0.1, 0.15) is 17.4 Å². The van der Waals surface area contributed by atoms with Crippen molar-refractivity contribution in [2.45, 2.75) is 19.0 Å². The summed E-state index contributed by atoms with van der Waals surface area (Å²) in [5, 5.41) is 0. The lowest BCUT2D eigenvalue weighted by molar-refractivity contribution is -0.119. The molecular weight excluding hydrogens is 297 g/mol. The Labute approximate surface area is 131 Å². The van der Waals surface area contributed by atoms with Crippen LogP contribution in [0.4, 0.5) is 10.1 Å². The minimum atomic E-state index is -0.431. The van der Waals surface area contributed by atoms with Gasteiger partial charge in [0.25, 0.3) is 0 Å². The number of carbonyl (C=O) groups is 1. The number of rotatable bonds is 3. The van der Waals surface area contributed by atoms with Gasteiger partial charge in [-0.15, -0.1) is 0 Å². The molecule has 0 unspecified atom stereocenters. The van der Waals surface area contributed by atoms with Crippen molar-refractivity contribution in [3.05, 3.63) is 59.7 Å². The molecule has 5 nitrogen and oxygen atoms in total. The van der Waals surface area contributed by atoms with E-state index < -0.39 is 6.04 Å². The smallest absolute Gasteiger partial charge is 0.240 e. The number of hydrogen-bond donors (Lipinski definition) is 1. The van der Waals surface area contributed by atoms with Crippen molar-refractivity contribution in [3.63, 3.8) is 0 Å². The van der Waals surface area contributed by atoms with E-state index in [1.54, 1.807) is 6.07 Å². The summed E-state index contributed by atoms with van der Waals surface area (Å²) < 4.78 is 18.9. The van der Waals surface area contributed by atoms with Crippen LogP contribution in [0, 0.1) is 5.82 Å². The number of amides is 1. The monoisotopic (exact) mass is 311 g/mol. The second kappa shape index (κ2) is 5.08. The second-order valence-electron chi connectivity index (χ2n) is 5.60. The Morgan fingerprint density at radius 3 is 3.00 bits per heavy atom. The molecule has 1 atom stereocenters. The molecule has 0 bridgehead atoms. The van der Waals surface area contributed by atoms with E-state index in [4.69, 9.17) is 10.2 Å². The number of para-hydroxylation sites is 1. The van der Waals surface area contributed by atoms with Crippen LogP contribution < -0.4 is 10.6 Å². The number of benzene rings is 2. The summed E-state index contributed by atoms with van der Waals surface area (Å²) in [4.78, 5) is 18.0. The first kappa shape index (κ1) is 13.8. The highest BCUT2D eigenvalue weighted by Crippen LogP contribution is 2.33. The topological polar surface area (TPSA) is 72.4 Å². The maximum atomic E-state index is 13.3. The molecule has 116 valence electrons. The Morgan fingerprint density at radius 1 is 1.35 bits per heavy atom. The predicted molar refractivity (Wildman–Crippen MR) is 83.3 cm³/mol. The number of primary amides is 1. The molecule has 1 amide bonds. The van der Waals surface area contributed by atoms with Crippen LogP contribution in [0.2, 0.25) is 0 Å². The van der Waals surface area contributed by atoms with Gasteiger partial charge in [0.2, 0.25) is 11.8 Å². The Bertz CT molecular complexity index is 906. The summed E-state index contributed by atoms with van der Waals surface area (Å²) in [5.74, 6) is -0.335. The molecule has 6 heteroatoms. The van der Waals surface area contributed by atoms with Crippen LogP contribution in [-0.4, -0.2) is 16.9 Å². The summed E-state index contributed by atoms with van der Waals surface area (Å²) in [6.07, 6.45) is 0.570. The van der Waals surface area contributed by atoms with Crippen LogP contribution in [0.3, 0.4) is 0 Å². The normalized spacial score (nSPS) is 16.7. The van der Waals surface area contributed by atoms with Gasteiger partial charge < -0.3 is 15.1 Å². The van der Waals surface area contributed by atoms with Crippen LogP contribution >= 0.6 is 0 Å². The van der Waals surface area contributed by atoms with Gasteiger partial charge in [0, 0.05) is 18.2 Å². The van der Waals surface area contributed by atoms with Crippen molar-refractivity contribution in [1.29, 1.82) is 0 Å². The summed E-state index contributed by atoms with van der Waals surface area (Å²) in [6.45, 7) is 0.306. The van der Waals surface area contributed by atoms with Gasteiger partial charge in [0.05, 0.1) is 6.54 Å². The van der Waals surface area contributed by atoms with Crippen molar-refractivity contribution < 1.29 is 13.6 Å². The zero-order chi connectivity index (χ0) is 16.0. The molecule has 0 fully saturated rings. The zero-order valence-electron chi connectivity index (χ0n) is 12.2. The van der Waals surface area contributed by atoms with E-state index in [1.165, 1.54) is 12.1 Å². The number of aromatic nitrogens is 1. The Morgan fingerprint density at radius 2 is 2.17 bits per heavy atom. The first-order chi connectivity index (χ1) is 11.1. The van der Waals surface area contributed by atoms with E-state index in [0.29, 0.717) is 30.0 Å². The number of carbonyl (C=O) groups excluding carboxylic acids is 1. The third-order valence-corrected chi connectivity index (χ3v) is 4.12. The van der Waals surface area contributed by atoms with Crippen molar-refractivity contribution in [2.24, 2.45) is 5.73 Å². The lowest BCUT2D eigenvalue weighted by Gasteiger charge is -2.23. The van der Waals surface area contributed by atoms with Crippen LogP contribution in [0.15, 0.2) is 46.9 Å². The largest absolute Gasteiger partial charge is 0.439 e. The van der Waals surface area contributed by atoms with Gasteiger partial charge in [-0.1, -0.05) is 18.2 Å². The standard InChI is InChI=1S/C17H14FN3O2/c18-11-5-6-12-15(8-11)23-16(20-12)9-21-13-4-2-1-3-10(13)7-14(21)17(19)22/h1-6,8,14H,7,9H2,(H2,19,22)/t14-/m0/s1. The highest BCUT2D eigenvalue weighted by Gasteiger charge is 2.33. The fraction of sp³-hybridized carbons (Fsp3) is 0.176. The van der Waals surface area contributed by atoms with E-state index in [-0.39, 0.29) is 11.7 Å². The van der Waals surface area contributed by atoms with E-state index in [0.717, 1.165) is 11.3 Å². The average molecular weight is 311 g/mol. The Hall–Kier alpha value is -2.89. The van der Waals surface area contributed by atoms with E-state index in [2.05, 4.69) is 4.98 Å². The summed E-state index contributed by atoms with van der Waals surface area (Å²) >= 11 is 0. The van der Waals surface area contributed by atoms with Gasteiger partial charge in [-0.2, -0.15) is 0 Å². The molecule has 1 aliphatic heterocycles. The van der Waals surface area contributed by atoms with E-state index in [9.17, 15) is 9.18 Å². The molecule has 23 heavy (non-hydrogen) atoms. The SMILES string of the molecule is NC(=O)[C@@H]1Cc2ccccc2N1Cc1nc2ccc(F)cc2o1. The molecule has 2 heterocycles. The molecular formula is C17H14FN3O2. The highest BCUT2D eigenvalue weighted by atomic mass is 19.1. The Kier molecular flexibility index (Phi) is 3.04. The van der Waals surface area contributed by atoms with E-state index >= 15 is 0 Å². The van der Waals surface area contributed by atoms with E-state index in [1.807, 2.05) is 29.2 Å². The van der Waals surface area contributed by atoms with Gasteiger partial charge in [0.15, 0.2) is 5.58 Å². The molecule has 3 aromatic rings. The predicted octanol–water partition coefficient (Wildman–Crippen LogP) is 2.38. The number of oxazole rings is 1. The lowest BCUT2D eigenvalue weighted by Crippen LogP contribution is -2.42. The molecule has 0 radical (unpaired) electrons. The number of nitrogens with zero attached hydrogens (tertiary/aromatic N) is 2. The zero-order valence-corrected chi connectivity index (χ0v) is 12.2. The Balaban J connectivity index is 1.71. The molecule has 4 rings (SSSR count). The third-order valence-electron chi connectivity index (χ3n) is 4.12. The first-order valence-corrected chi connectivity index (χ1v) is 7.30. The lowest BCUT2D eigenvalue weighted by atomic mass is 10.1. The maximum Gasteiger partial charge on any atom is 0.240 e.